The van der Waals surface area contributed by atoms with Gasteiger partial charge in [-0.2, -0.15) is 0 Å². The van der Waals surface area contributed by atoms with Crippen molar-refractivity contribution >= 4 is 28.8 Å². The van der Waals surface area contributed by atoms with Crippen molar-refractivity contribution < 1.29 is 9.90 Å². The Kier molecular flexibility index (Phi) is 5.19. The number of carbonyl (C=O) groups is 1. The molecule has 0 radical (unpaired) electrons. The minimum absolute atomic E-state index is 0.179. The first kappa shape index (κ1) is 14.6. The predicted octanol–water partition coefficient (Wildman–Crippen LogP) is 2.68. The molecular formula is C15H12ClNO2S. The van der Waals surface area contributed by atoms with Gasteiger partial charge in [0.2, 0.25) is 0 Å². The van der Waals surface area contributed by atoms with E-state index in [1.807, 2.05) is 18.2 Å². The molecule has 1 aromatic carbocycles. The van der Waals surface area contributed by atoms with Crippen LogP contribution in [-0.2, 0) is 6.54 Å². The fraction of sp³-hybridized carbons (Fsp3) is 0.133. The summed E-state index contributed by atoms with van der Waals surface area (Å²) in [6.45, 7) is 0.184. The first-order chi connectivity index (χ1) is 9.70. The summed E-state index contributed by atoms with van der Waals surface area (Å²) in [4.78, 5) is 12.6. The average molecular weight is 306 g/mol. The van der Waals surface area contributed by atoms with E-state index in [-0.39, 0.29) is 12.5 Å². The quantitative estimate of drug-likeness (QED) is 0.857. The maximum Gasteiger partial charge on any atom is 0.262 e. The summed E-state index contributed by atoms with van der Waals surface area (Å²) in [7, 11) is 0. The van der Waals surface area contributed by atoms with Crippen molar-refractivity contribution in [2.24, 2.45) is 0 Å². The number of rotatable bonds is 3. The monoisotopic (exact) mass is 305 g/mol. The second kappa shape index (κ2) is 7.11. The lowest BCUT2D eigenvalue weighted by Crippen LogP contribution is -2.22. The smallest absolute Gasteiger partial charge is 0.262 e. The molecule has 102 valence electrons. The molecule has 2 N–H and O–H groups in total. The van der Waals surface area contributed by atoms with Gasteiger partial charge in [0.05, 0.1) is 0 Å². The van der Waals surface area contributed by atoms with Crippen molar-refractivity contribution in [1.29, 1.82) is 0 Å². The van der Waals surface area contributed by atoms with E-state index < -0.39 is 0 Å². The molecule has 0 aliphatic rings. The topological polar surface area (TPSA) is 49.3 Å². The van der Waals surface area contributed by atoms with Gasteiger partial charge in [-0.25, -0.2) is 0 Å². The molecule has 2 rings (SSSR count). The van der Waals surface area contributed by atoms with E-state index in [0.29, 0.717) is 22.0 Å². The van der Waals surface area contributed by atoms with Gasteiger partial charge in [-0.3, -0.25) is 4.79 Å². The Morgan fingerprint density at radius 3 is 3.00 bits per heavy atom. The highest BCUT2D eigenvalue weighted by Crippen LogP contribution is 2.16. The maximum absolute atomic E-state index is 12.1. The number of hydrogen-bond acceptors (Lipinski definition) is 3. The number of benzene rings is 1. The lowest BCUT2D eigenvalue weighted by Gasteiger charge is -2.04. The predicted molar refractivity (Wildman–Crippen MR) is 80.9 cm³/mol. The fourth-order valence-electron chi connectivity index (χ4n) is 1.63. The summed E-state index contributed by atoms with van der Waals surface area (Å²) in [5.74, 6) is 5.12. The van der Waals surface area contributed by atoms with Gasteiger partial charge >= 0.3 is 0 Å². The highest BCUT2D eigenvalue weighted by molar-refractivity contribution is 7.12. The van der Waals surface area contributed by atoms with Crippen LogP contribution >= 0.6 is 22.9 Å². The van der Waals surface area contributed by atoms with E-state index in [1.165, 1.54) is 11.3 Å². The first-order valence-electron chi connectivity index (χ1n) is 5.90. The summed E-state index contributed by atoms with van der Waals surface area (Å²) >= 11 is 7.21. The van der Waals surface area contributed by atoms with Crippen LogP contribution < -0.4 is 5.32 Å². The lowest BCUT2D eigenvalue weighted by atomic mass is 10.2. The molecule has 0 spiro atoms. The number of halogens is 1. The third-order valence-electron chi connectivity index (χ3n) is 2.52. The van der Waals surface area contributed by atoms with Gasteiger partial charge in [0.1, 0.15) is 11.5 Å². The number of aliphatic hydroxyl groups excluding tert-OH is 1. The van der Waals surface area contributed by atoms with Gasteiger partial charge in [0.15, 0.2) is 0 Å². The van der Waals surface area contributed by atoms with Gasteiger partial charge < -0.3 is 10.4 Å². The Bertz CT molecular complexity index is 670. The van der Waals surface area contributed by atoms with E-state index in [4.69, 9.17) is 16.7 Å². The number of nitrogens with one attached hydrogen (secondary N) is 1. The van der Waals surface area contributed by atoms with Gasteiger partial charge in [-0.05, 0) is 29.1 Å². The zero-order chi connectivity index (χ0) is 14.4. The average Bonchev–Trinajstić information content (AvgIpc) is 2.91. The summed E-state index contributed by atoms with van der Waals surface area (Å²) in [6, 6.07) is 9.10. The third kappa shape index (κ3) is 3.84. The molecule has 3 nitrogen and oxygen atoms in total. The van der Waals surface area contributed by atoms with Crippen LogP contribution in [0.15, 0.2) is 35.7 Å². The van der Waals surface area contributed by atoms with E-state index in [2.05, 4.69) is 17.2 Å². The molecule has 0 unspecified atom stereocenters. The normalized spacial score (nSPS) is 9.70. The number of carbonyl (C=O) groups excluding carboxylic acids is 1. The number of amides is 1. The highest BCUT2D eigenvalue weighted by atomic mass is 35.5. The Morgan fingerprint density at radius 1 is 1.40 bits per heavy atom. The van der Waals surface area contributed by atoms with Crippen molar-refractivity contribution in [2.75, 3.05) is 6.61 Å². The standard InChI is InChI=1S/C15H12ClNO2S/c16-13-5-1-3-11(9-13)10-17-15(19)14-12(4-2-7-18)6-8-20-14/h1,3,5-6,8-9,18H,7,10H2,(H,17,19). The largest absolute Gasteiger partial charge is 0.384 e. The van der Waals surface area contributed by atoms with Gasteiger partial charge in [-0.1, -0.05) is 35.6 Å². The summed E-state index contributed by atoms with van der Waals surface area (Å²) in [5.41, 5.74) is 1.57. The Morgan fingerprint density at radius 2 is 2.25 bits per heavy atom. The van der Waals surface area contributed by atoms with Crippen LogP contribution in [0, 0.1) is 11.8 Å². The second-order valence-corrected chi connectivity index (χ2v) is 5.29. The number of aliphatic hydroxyl groups is 1. The van der Waals surface area contributed by atoms with Crippen molar-refractivity contribution in [3.05, 3.63) is 56.7 Å². The zero-order valence-electron chi connectivity index (χ0n) is 10.5. The highest BCUT2D eigenvalue weighted by Gasteiger charge is 2.11. The summed E-state index contributed by atoms with van der Waals surface area (Å²) in [5, 5.41) is 14.0. The van der Waals surface area contributed by atoms with Crippen LogP contribution in [0.25, 0.3) is 0 Å². The minimum Gasteiger partial charge on any atom is -0.384 e. The lowest BCUT2D eigenvalue weighted by molar-refractivity contribution is 0.0955. The van der Waals surface area contributed by atoms with Crippen LogP contribution in [0.2, 0.25) is 5.02 Å². The number of thiophene rings is 1. The molecule has 0 saturated carbocycles. The van der Waals surface area contributed by atoms with Crippen molar-refractivity contribution in [1.82, 2.24) is 5.32 Å². The SMILES string of the molecule is O=C(NCc1cccc(Cl)c1)c1sccc1C#CCO. The zero-order valence-corrected chi connectivity index (χ0v) is 12.1. The van der Waals surface area contributed by atoms with Crippen LogP contribution in [0.1, 0.15) is 20.8 Å². The number of hydrogen-bond donors (Lipinski definition) is 2. The first-order valence-corrected chi connectivity index (χ1v) is 7.16. The third-order valence-corrected chi connectivity index (χ3v) is 3.66. The molecule has 0 bridgehead atoms. The Labute approximate surface area is 126 Å². The summed E-state index contributed by atoms with van der Waals surface area (Å²) < 4.78 is 0. The molecule has 0 aliphatic carbocycles. The van der Waals surface area contributed by atoms with Gasteiger partial charge in [-0.15, -0.1) is 11.3 Å². The fourth-order valence-corrected chi connectivity index (χ4v) is 2.61. The molecule has 1 amide bonds. The molecule has 20 heavy (non-hydrogen) atoms. The summed E-state index contributed by atoms with van der Waals surface area (Å²) in [6.07, 6.45) is 0. The van der Waals surface area contributed by atoms with E-state index in [9.17, 15) is 4.79 Å². The minimum atomic E-state index is -0.223. The second-order valence-electron chi connectivity index (χ2n) is 3.94. The Hall–Kier alpha value is -1.80. The van der Waals surface area contributed by atoms with Crippen molar-refractivity contribution in [2.45, 2.75) is 6.54 Å². The molecule has 1 heterocycles. The van der Waals surface area contributed by atoms with E-state index in [1.54, 1.807) is 17.5 Å². The van der Waals surface area contributed by atoms with Crippen LogP contribution in [0.4, 0.5) is 0 Å². The molecule has 2 aromatic rings. The Balaban J connectivity index is 2.04. The van der Waals surface area contributed by atoms with Crippen LogP contribution in [-0.4, -0.2) is 17.6 Å². The molecule has 0 aliphatic heterocycles. The molecular weight excluding hydrogens is 294 g/mol. The molecule has 0 fully saturated rings. The van der Waals surface area contributed by atoms with E-state index >= 15 is 0 Å². The molecule has 0 saturated heterocycles. The molecule has 1 aromatic heterocycles. The van der Waals surface area contributed by atoms with Gasteiger partial charge in [0.25, 0.3) is 5.91 Å². The van der Waals surface area contributed by atoms with Crippen LogP contribution in [0.5, 0.6) is 0 Å². The van der Waals surface area contributed by atoms with Gasteiger partial charge in [0, 0.05) is 17.1 Å². The van der Waals surface area contributed by atoms with Crippen LogP contribution in [0.3, 0.4) is 0 Å². The molecule has 0 atom stereocenters. The van der Waals surface area contributed by atoms with E-state index in [0.717, 1.165) is 5.56 Å². The maximum atomic E-state index is 12.1. The van der Waals surface area contributed by atoms with Crippen molar-refractivity contribution in [3.63, 3.8) is 0 Å². The van der Waals surface area contributed by atoms with Crippen molar-refractivity contribution in [3.8, 4) is 11.8 Å². The molecule has 5 heteroatoms.